The van der Waals surface area contributed by atoms with E-state index in [0.717, 1.165) is 22.3 Å². The number of benzene rings is 2. The van der Waals surface area contributed by atoms with Crippen LogP contribution in [0.4, 0.5) is 4.79 Å². The molecule has 2 aliphatic rings. The van der Waals surface area contributed by atoms with Gasteiger partial charge in [-0.05, 0) is 22.3 Å². The number of fused-ring (bicyclic) bond motifs is 3. The van der Waals surface area contributed by atoms with Crippen molar-refractivity contribution in [1.82, 2.24) is 4.90 Å². The van der Waals surface area contributed by atoms with Crippen LogP contribution in [0, 0.1) is 0 Å². The minimum Gasteiger partial charge on any atom is -0.448 e. The fourth-order valence-corrected chi connectivity index (χ4v) is 4.46. The van der Waals surface area contributed by atoms with Gasteiger partial charge in [-0.1, -0.05) is 48.5 Å². The van der Waals surface area contributed by atoms with Gasteiger partial charge in [0.05, 0.1) is 19.7 Å². The van der Waals surface area contributed by atoms with E-state index in [-0.39, 0.29) is 25.6 Å². The molecule has 1 amide bonds. The molecule has 1 aliphatic carbocycles. The van der Waals surface area contributed by atoms with Crippen LogP contribution in [0.1, 0.15) is 17.0 Å². The van der Waals surface area contributed by atoms with Crippen LogP contribution in [0.25, 0.3) is 11.1 Å². The smallest absolute Gasteiger partial charge is 0.410 e. The third-order valence-corrected chi connectivity index (χ3v) is 6.27. The predicted molar refractivity (Wildman–Crippen MR) is 117 cm³/mol. The molecule has 0 radical (unpaired) electrons. The maximum Gasteiger partial charge on any atom is 0.410 e. The normalized spacial score (nSPS) is 22.9. The zero-order valence-corrected chi connectivity index (χ0v) is 18.3. The number of carbonyl (C=O) groups is 1. The van der Waals surface area contributed by atoms with E-state index in [1.165, 1.54) is 12.0 Å². The largest absolute Gasteiger partial charge is 0.448 e. The number of aliphatic hydroxyl groups is 4. The molecule has 9 heteroatoms. The SMILES string of the molecule is COC1CN(C(=O)OCC2c3ccccc3-c3ccccc32)C[C@H]([C@H](O)[C@H](O)[C@H](O)CO)O1. The molecule has 0 spiro atoms. The zero-order valence-electron chi connectivity index (χ0n) is 18.3. The fourth-order valence-electron chi connectivity index (χ4n) is 4.46. The van der Waals surface area contributed by atoms with Gasteiger partial charge in [-0.2, -0.15) is 0 Å². The standard InChI is InChI=1S/C24H29NO8/c1-31-21-11-25(10-20(33-21)23(29)22(28)19(27)12-26)24(30)32-13-18-16-8-4-2-6-14(16)15-7-3-5-9-17(15)18/h2-9,18-23,26-29H,10-13H2,1H3/t19-,20-,21?,22-,23+/m1/s1. The Labute approximate surface area is 191 Å². The van der Waals surface area contributed by atoms with Gasteiger partial charge in [-0.25, -0.2) is 4.79 Å². The summed E-state index contributed by atoms with van der Waals surface area (Å²) in [6.45, 7) is -0.586. The van der Waals surface area contributed by atoms with Crippen LogP contribution in [0.15, 0.2) is 48.5 Å². The third kappa shape index (κ3) is 4.74. The molecule has 1 fully saturated rings. The first-order chi connectivity index (χ1) is 15.9. The molecule has 0 saturated carbocycles. The number of amides is 1. The molecule has 9 nitrogen and oxygen atoms in total. The molecule has 0 bridgehead atoms. The van der Waals surface area contributed by atoms with Gasteiger partial charge in [0.15, 0.2) is 6.29 Å². The van der Waals surface area contributed by atoms with Crippen molar-refractivity contribution in [3.8, 4) is 11.1 Å². The third-order valence-electron chi connectivity index (χ3n) is 6.27. The number of rotatable bonds is 7. The highest BCUT2D eigenvalue weighted by Crippen LogP contribution is 2.44. The Morgan fingerprint density at radius 1 is 1.06 bits per heavy atom. The molecule has 5 atom stereocenters. The average molecular weight is 459 g/mol. The van der Waals surface area contributed by atoms with Crippen LogP contribution in [-0.2, 0) is 14.2 Å². The van der Waals surface area contributed by atoms with Gasteiger partial charge >= 0.3 is 6.09 Å². The fraction of sp³-hybridized carbons (Fsp3) is 0.458. The molecule has 0 aromatic heterocycles. The first-order valence-corrected chi connectivity index (χ1v) is 10.9. The Balaban J connectivity index is 1.45. The summed E-state index contributed by atoms with van der Waals surface area (Å²) in [7, 11) is 1.40. The summed E-state index contributed by atoms with van der Waals surface area (Å²) in [5.41, 5.74) is 4.44. The van der Waals surface area contributed by atoms with Crippen molar-refractivity contribution >= 4 is 6.09 Å². The molecule has 2 aromatic rings. The van der Waals surface area contributed by atoms with Crippen molar-refractivity contribution in [3.63, 3.8) is 0 Å². The number of hydrogen-bond acceptors (Lipinski definition) is 8. The summed E-state index contributed by atoms with van der Waals surface area (Å²) in [4.78, 5) is 14.3. The van der Waals surface area contributed by atoms with Gasteiger partial charge in [0, 0.05) is 13.0 Å². The molecule has 178 valence electrons. The molecule has 2 aromatic carbocycles. The van der Waals surface area contributed by atoms with E-state index in [0.29, 0.717) is 0 Å². The number of nitrogens with zero attached hydrogens (tertiary/aromatic N) is 1. The zero-order chi connectivity index (χ0) is 23.5. The van der Waals surface area contributed by atoms with Crippen LogP contribution in [0.3, 0.4) is 0 Å². The van der Waals surface area contributed by atoms with E-state index in [4.69, 9.17) is 19.3 Å². The number of aliphatic hydroxyl groups excluding tert-OH is 4. The van der Waals surface area contributed by atoms with Crippen molar-refractivity contribution in [2.24, 2.45) is 0 Å². The van der Waals surface area contributed by atoms with Gasteiger partial charge < -0.3 is 39.5 Å². The van der Waals surface area contributed by atoms with E-state index in [9.17, 15) is 20.1 Å². The molecular formula is C24H29NO8. The first-order valence-electron chi connectivity index (χ1n) is 10.9. The lowest BCUT2D eigenvalue weighted by molar-refractivity contribution is -0.231. The van der Waals surface area contributed by atoms with Gasteiger partial charge in [0.2, 0.25) is 0 Å². The van der Waals surface area contributed by atoms with Gasteiger partial charge in [0.25, 0.3) is 0 Å². The van der Waals surface area contributed by atoms with E-state index in [1.54, 1.807) is 0 Å². The lowest BCUT2D eigenvalue weighted by atomic mass is 9.98. The Kier molecular flexibility index (Phi) is 7.28. The molecule has 4 N–H and O–H groups in total. The van der Waals surface area contributed by atoms with Crippen LogP contribution in [0.5, 0.6) is 0 Å². The quantitative estimate of drug-likeness (QED) is 0.476. The minimum atomic E-state index is -1.65. The highest BCUT2D eigenvalue weighted by molar-refractivity contribution is 5.79. The van der Waals surface area contributed by atoms with E-state index < -0.39 is 43.4 Å². The van der Waals surface area contributed by atoms with Gasteiger partial charge in [0.1, 0.15) is 31.0 Å². The predicted octanol–water partition coefficient (Wildman–Crippen LogP) is 0.684. The summed E-state index contributed by atoms with van der Waals surface area (Å²) < 4.78 is 16.5. The minimum absolute atomic E-state index is 0.0765. The monoisotopic (exact) mass is 459 g/mol. The first kappa shape index (κ1) is 23.6. The molecular weight excluding hydrogens is 430 g/mol. The van der Waals surface area contributed by atoms with Crippen molar-refractivity contribution in [2.75, 3.05) is 33.4 Å². The van der Waals surface area contributed by atoms with E-state index in [2.05, 4.69) is 12.1 Å². The Morgan fingerprint density at radius 2 is 1.67 bits per heavy atom. The Bertz CT molecular complexity index is 923. The topological polar surface area (TPSA) is 129 Å². The van der Waals surface area contributed by atoms with Crippen molar-refractivity contribution in [1.29, 1.82) is 0 Å². The van der Waals surface area contributed by atoms with Crippen molar-refractivity contribution in [2.45, 2.75) is 36.6 Å². The highest BCUT2D eigenvalue weighted by Gasteiger charge is 2.40. The van der Waals surface area contributed by atoms with Crippen molar-refractivity contribution < 1.29 is 39.4 Å². The number of ether oxygens (including phenoxy) is 3. The Morgan fingerprint density at radius 3 is 2.24 bits per heavy atom. The summed E-state index contributed by atoms with van der Waals surface area (Å²) in [6, 6.07) is 16.1. The molecule has 1 heterocycles. The molecule has 1 saturated heterocycles. The van der Waals surface area contributed by atoms with Crippen molar-refractivity contribution in [3.05, 3.63) is 59.7 Å². The van der Waals surface area contributed by atoms with Crippen LogP contribution >= 0.6 is 0 Å². The van der Waals surface area contributed by atoms with E-state index in [1.807, 2.05) is 36.4 Å². The highest BCUT2D eigenvalue weighted by atomic mass is 16.7. The second-order valence-electron chi connectivity index (χ2n) is 8.28. The summed E-state index contributed by atoms with van der Waals surface area (Å²) in [6.07, 6.45) is -7.24. The molecule has 1 unspecified atom stereocenters. The number of carbonyl (C=O) groups excluding carboxylic acids is 1. The second kappa shape index (κ2) is 10.2. The molecule has 1 aliphatic heterocycles. The lowest BCUT2D eigenvalue weighted by Gasteiger charge is -2.40. The molecule has 4 rings (SSSR count). The van der Waals surface area contributed by atoms with Gasteiger partial charge in [-0.15, -0.1) is 0 Å². The maximum absolute atomic E-state index is 12.9. The van der Waals surface area contributed by atoms with Crippen LogP contribution in [-0.4, -0.2) is 95.5 Å². The second-order valence-corrected chi connectivity index (χ2v) is 8.28. The average Bonchev–Trinajstić information content (AvgIpc) is 3.19. The maximum atomic E-state index is 12.9. The summed E-state index contributed by atoms with van der Waals surface area (Å²) in [5.74, 6) is -0.0940. The van der Waals surface area contributed by atoms with E-state index >= 15 is 0 Å². The summed E-state index contributed by atoms with van der Waals surface area (Å²) >= 11 is 0. The molecule has 33 heavy (non-hydrogen) atoms. The van der Waals surface area contributed by atoms with Crippen LogP contribution in [0.2, 0.25) is 0 Å². The van der Waals surface area contributed by atoms with Gasteiger partial charge in [-0.3, -0.25) is 0 Å². The number of morpholine rings is 1. The Hall–Kier alpha value is -2.53. The number of methoxy groups -OCH3 is 1. The van der Waals surface area contributed by atoms with Crippen LogP contribution < -0.4 is 0 Å². The summed E-state index contributed by atoms with van der Waals surface area (Å²) in [5, 5.41) is 39.1. The number of hydrogen-bond donors (Lipinski definition) is 4. The lowest BCUT2D eigenvalue weighted by Crippen LogP contribution is -2.58.